The number of hydrogen-bond donors (Lipinski definition) is 1. The van der Waals surface area contributed by atoms with Crippen LogP contribution < -0.4 is 14.2 Å². The van der Waals surface area contributed by atoms with Gasteiger partial charge in [0, 0.05) is 31.3 Å². The SMILES string of the molecule is COc1cccc(OC)c1-n1c(NS(=O)C(C)Cc2ncc(Cl)cn2)nnc1C1CCOC1. The first-order valence-corrected chi connectivity index (χ1v) is 12.0. The Morgan fingerprint density at radius 1 is 1.24 bits per heavy atom. The highest BCUT2D eigenvalue weighted by Gasteiger charge is 2.30. The Hall–Kier alpha value is -2.76. The first-order valence-electron chi connectivity index (χ1n) is 10.4. The van der Waals surface area contributed by atoms with Crippen molar-refractivity contribution >= 4 is 28.5 Å². The van der Waals surface area contributed by atoms with Crippen LogP contribution in [0.15, 0.2) is 30.6 Å². The van der Waals surface area contributed by atoms with Crippen LogP contribution in [-0.4, -0.2) is 61.6 Å². The fourth-order valence-corrected chi connectivity index (χ4v) is 4.52. The molecule has 176 valence electrons. The molecule has 12 heteroatoms. The number of rotatable bonds is 9. The molecule has 1 aliphatic rings. The summed E-state index contributed by atoms with van der Waals surface area (Å²) in [5.74, 6) is 2.75. The van der Waals surface area contributed by atoms with Gasteiger partial charge in [-0.05, 0) is 25.5 Å². The van der Waals surface area contributed by atoms with E-state index < -0.39 is 11.0 Å². The maximum atomic E-state index is 13.2. The Labute approximate surface area is 199 Å². The van der Waals surface area contributed by atoms with Crippen molar-refractivity contribution in [3.8, 4) is 17.2 Å². The van der Waals surface area contributed by atoms with Crippen LogP contribution in [0.25, 0.3) is 5.69 Å². The summed E-state index contributed by atoms with van der Waals surface area (Å²) in [5.41, 5.74) is 0.627. The lowest BCUT2D eigenvalue weighted by molar-refractivity contribution is 0.193. The summed E-state index contributed by atoms with van der Waals surface area (Å²) in [6.45, 7) is 3.02. The zero-order chi connectivity index (χ0) is 23.4. The minimum absolute atomic E-state index is 0.0380. The Morgan fingerprint density at radius 3 is 2.55 bits per heavy atom. The molecule has 1 aromatic carbocycles. The highest BCUT2D eigenvalue weighted by Crippen LogP contribution is 2.38. The second-order valence-electron chi connectivity index (χ2n) is 7.52. The van der Waals surface area contributed by atoms with Gasteiger partial charge in [0.15, 0.2) is 0 Å². The second kappa shape index (κ2) is 10.4. The van der Waals surface area contributed by atoms with Gasteiger partial charge in [-0.25, -0.2) is 14.2 Å². The molecule has 3 unspecified atom stereocenters. The van der Waals surface area contributed by atoms with Gasteiger partial charge in [-0.1, -0.05) is 17.7 Å². The molecule has 1 fully saturated rings. The van der Waals surface area contributed by atoms with Crippen LogP contribution in [0.3, 0.4) is 0 Å². The Morgan fingerprint density at radius 2 is 1.94 bits per heavy atom. The number of nitrogens with zero attached hydrogens (tertiary/aromatic N) is 5. The fourth-order valence-electron chi connectivity index (χ4n) is 3.61. The van der Waals surface area contributed by atoms with Crippen LogP contribution in [0.5, 0.6) is 11.5 Å². The molecular formula is C21H25ClN6O4S. The van der Waals surface area contributed by atoms with E-state index >= 15 is 0 Å². The predicted molar refractivity (Wildman–Crippen MR) is 125 cm³/mol. The summed E-state index contributed by atoms with van der Waals surface area (Å²) in [7, 11) is 1.66. The summed E-state index contributed by atoms with van der Waals surface area (Å²) in [6, 6.07) is 5.49. The molecule has 0 radical (unpaired) electrons. The lowest BCUT2D eigenvalue weighted by Crippen LogP contribution is -2.23. The number of aromatic nitrogens is 5. The van der Waals surface area contributed by atoms with Gasteiger partial charge >= 0.3 is 0 Å². The molecular weight excluding hydrogens is 468 g/mol. The Bertz CT molecular complexity index is 1100. The van der Waals surface area contributed by atoms with Crippen LogP contribution in [0.4, 0.5) is 5.95 Å². The third-order valence-electron chi connectivity index (χ3n) is 5.31. The van der Waals surface area contributed by atoms with Crippen molar-refractivity contribution in [2.45, 2.75) is 30.9 Å². The molecule has 1 N–H and O–H groups in total. The van der Waals surface area contributed by atoms with Gasteiger partial charge in [-0.15, -0.1) is 10.2 Å². The molecule has 1 saturated heterocycles. The van der Waals surface area contributed by atoms with Crippen LogP contribution in [-0.2, 0) is 22.1 Å². The Kier molecular flexibility index (Phi) is 7.41. The summed E-state index contributed by atoms with van der Waals surface area (Å²) < 4.78 is 34.8. The van der Waals surface area contributed by atoms with Gasteiger partial charge in [0.1, 0.15) is 39.8 Å². The first kappa shape index (κ1) is 23.4. The number of nitrogens with one attached hydrogen (secondary N) is 1. The first-order chi connectivity index (χ1) is 16.0. The monoisotopic (exact) mass is 492 g/mol. The van der Waals surface area contributed by atoms with E-state index in [2.05, 4.69) is 24.9 Å². The van der Waals surface area contributed by atoms with Crippen molar-refractivity contribution in [3.05, 3.63) is 47.3 Å². The van der Waals surface area contributed by atoms with Crippen LogP contribution in [0.2, 0.25) is 5.02 Å². The maximum absolute atomic E-state index is 13.2. The van der Waals surface area contributed by atoms with Crippen LogP contribution in [0.1, 0.15) is 30.9 Å². The zero-order valence-electron chi connectivity index (χ0n) is 18.5. The highest BCUT2D eigenvalue weighted by atomic mass is 35.5. The maximum Gasteiger partial charge on any atom is 0.241 e. The van der Waals surface area contributed by atoms with Gasteiger partial charge in [-0.2, -0.15) is 0 Å². The van der Waals surface area contributed by atoms with Gasteiger partial charge in [0.05, 0.1) is 31.1 Å². The number of ether oxygens (including phenoxy) is 3. The summed E-state index contributed by atoms with van der Waals surface area (Å²) in [5, 5.41) is 8.88. The number of para-hydroxylation sites is 1. The van der Waals surface area contributed by atoms with Crippen LogP contribution in [0, 0.1) is 0 Å². The van der Waals surface area contributed by atoms with Gasteiger partial charge in [0.2, 0.25) is 5.95 Å². The van der Waals surface area contributed by atoms with E-state index in [0.717, 1.165) is 6.42 Å². The molecule has 33 heavy (non-hydrogen) atoms. The van der Waals surface area contributed by atoms with E-state index in [9.17, 15) is 4.21 Å². The molecule has 1 aliphatic heterocycles. The number of anilines is 1. The largest absolute Gasteiger partial charge is 0.494 e. The molecule has 2 aromatic heterocycles. The smallest absolute Gasteiger partial charge is 0.241 e. The van der Waals surface area contributed by atoms with E-state index in [4.69, 9.17) is 25.8 Å². The molecule has 3 aromatic rings. The molecule has 0 amide bonds. The zero-order valence-corrected chi connectivity index (χ0v) is 20.1. The Balaban J connectivity index is 1.68. The minimum atomic E-state index is -1.51. The van der Waals surface area contributed by atoms with E-state index in [0.29, 0.717) is 59.4 Å². The molecule has 0 spiro atoms. The molecule has 4 rings (SSSR count). The summed E-state index contributed by atoms with van der Waals surface area (Å²) in [6.07, 6.45) is 4.25. The number of benzene rings is 1. The van der Waals surface area contributed by atoms with Crippen molar-refractivity contribution in [1.29, 1.82) is 0 Å². The molecule has 3 heterocycles. The molecule has 10 nitrogen and oxygen atoms in total. The van der Waals surface area contributed by atoms with E-state index in [1.54, 1.807) is 18.8 Å². The van der Waals surface area contributed by atoms with Crippen molar-refractivity contribution < 1.29 is 18.4 Å². The molecule has 0 saturated carbocycles. The molecule has 3 atom stereocenters. The van der Waals surface area contributed by atoms with E-state index in [1.165, 1.54) is 12.4 Å². The third-order valence-corrected chi connectivity index (χ3v) is 6.79. The van der Waals surface area contributed by atoms with E-state index in [1.807, 2.05) is 25.1 Å². The number of hydrogen-bond acceptors (Lipinski definition) is 8. The van der Waals surface area contributed by atoms with Gasteiger partial charge < -0.3 is 14.2 Å². The van der Waals surface area contributed by atoms with E-state index in [-0.39, 0.29) is 11.2 Å². The van der Waals surface area contributed by atoms with Crippen molar-refractivity contribution in [3.63, 3.8) is 0 Å². The summed E-state index contributed by atoms with van der Waals surface area (Å²) >= 11 is 5.85. The van der Waals surface area contributed by atoms with Crippen LogP contribution >= 0.6 is 11.6 Å². The van der Waals surface area contributed by atoms with Gasteiger partial charge in [0.25, 0.3) is 0 Å². The average molecular weight is 493 g/mol. The number of halogens is 1. The topological polar surface area (TPSA) is 113 Å². The molecule has 0 bridgehead atoms. The highest BCUT2D eigenvalue weighted by molar-refractivity contribution is 7.86. The molecule has 0 aliphatic carbocycles. The number of methoxy groups -OCH3 is 2. The van der Waals surface area contributed by atoms with Crippen molar-refractivity contribution in [2.24, 2.45) is 0 Å². The average Bonchev–Trinajstić information content (AvgIpc) is 3.50. The predicted octanol–water partition coefficient (Wildman–Crippen LogP) is 2.94. The quantitative estimate of drug-likeness (QED) is 0.485. The normalized spacial score (nSPS) is 17.5. The van der Waals surface area contributed by atoms with Crippen molar-refractivity contribution in [1.82, 2.24) is 24.7 Å². The fraction of sp³-hybridized carbons (Fsp3) is 0.429. The second-order valence-corrected chi connectivity index (χ2v) is 9.56. The van der Waals surface area contributed by atoms with Crippen molar-refractivity contribution in [2.75, 3.05) is 32.2 Å². The standard InChI is InChI=1S/C21H25ClN6O4S/c1-13(9-18-23-10-15(22)11-24-18)33(29)27-21-26-25-20(14-7-8-32-12-14)28(21)19-16(30-2)5-4-6-17(19)31-3/h4-6,10-11,13-14H,7-9,12H2,1-3H3,(H,26,27). The van der Waals surface area contributed by atoms with Gasteiger partial charge in [-0.3, -0.25) is 9.29 Å². The third kappa shape index (κ3) is 5.10. The minimum Gasteiger partial charge on any atom is -0.494 e. The lowest BCUT2D eigenvalue weighted by atomic mass is 10.1. The lowest BCUT2D eigenvalue weighted by Gasteiger charge is -2.19. The summed E-state index contributed by atoms with van der Waals surface area (Å²) in [4.78, 5) is 8.38.